The van der Waals surface area contributed by atoms with Gasteiger partial charge in [-0.3, -0.25) is 4.79 Å². The standard InChI is InChI=1S/C8H3Cl4N3O/c1-2(16)3-4(9)6(11)8(14-15-13)7(12)5(3)10/h1H3. The molecule has 1 rings (SSSR count). The first-order valence-corrected chi connectivity index (χ1v) is 5.35. The van der Waals surface area contributed by atoms with Crippen molar-refractivity contribution in [1.82, 2.24) is 0 Å². The molecule has 0 heterocycles. The van der Waals surface area contributed by atoms with Gasteiger partial charge in [0.2, 0.25) is 0 Å². The molecule has 0 aliphatic heterocycles. The fraction of sp³-hybridized carbons (Fsp3) is 0.125. The summed E-state index contributed by atoms with van der Waals surface area (Å²) in [5, 5.41) is 2.91. The Morgan fingerprint density at radius 2 is 1.56 bits per heavy atom. The highest BCUT2D eigenvalue weighted by molar-refractivity contribution is 6.52. The molecule has 0 saturated carbocycles. The van der Waals surface area contributed by atoms with Gasteiger partial charge in [0, 0.05) is 4.91 Å². The molecule has 0 spiro atoms. The first-order valence-electron chi connectivity index (χ1n) is 3.83. The molecule has 0 atom stereocenters. The minimum atomic E-state index is -0.383. The summed E-state index contributed by atoms with van der Waals surface area (Å²) in [6.45, 7) is 1.27. The summed E-state index contributed by atoms with van der Waals surface area (Å²) < 4.78 is 0. The highest BCUT2D eigenvalue weighted by Crippen LogP contribution is 2.46. The third-order valence-corrected chi connectivity index (χ3v) is 3.42. The van der Waals surface area contributed by atoms with E-state index in [0.717, 1.165) is 0 Å². The van der Waals surface area contributed by atoms with E-state index in [4.69, 9.17) is 51.9 Å². The van der Waals surface area contributed by atoms with Crippen LogP contribution in [-0.4, -0.2) is 5.78 Å². The van der Waals surface area contributed by atoms with E-state index in [-0.39, 0.29) is 37.1 Å². The summed E-state index contributed by atoms with van der Waals surface area (Å²) in [4.78, 5) is 13.8. The molecule has 1 aromatic rings. The molecule has 0 aliphatic rings. The van der Waals surface area contributed by atoms with Crippen LogP contribution in [0.25, 0.3) is 10.4 Å². The molecular weight excluding hydrogens is 296 g/mol. The molecular formula is C8H3Cl4N3O. The highest BCUT2D eigenvalue weighted by Gasteiger charge is 2.21. The number of rotatable bonds is 2. The predicted molar refractivity (Wildman–Crippen MR) is 65.3 cm³/mol. The molecule has 8 heteroatoms. The smallest absolute Gasteiger partial charge is 0.162 e. The van der Waals surface area contributed by atoms with Crippen molar-refractivity contribution in [2.75, 3.05) is 0 Å². The van der Waals surface area contributed by atoms with Gasteiger partial charge in [-0.25, -0.2) is 0 Å². The Morgan fingerprint density at radius 1 is 1.12 bits per heavy atom. The van der Waals surface area contributed by atoms with Crippen molar-refractivity contribution in [1.29, 1.82) is 0 Å². The van der Waals surface area contributed by atoms with Crippen molar-refractivity contribution >= 4 is 57.9 Å². The van der Waals surface area contributed by atoms with E-state index in [2.05, 4.69) is 10.0 Å². The summed E-state index contributed by atoms with van der Waals surface area (Å²) in [5.41, 5.74) is 8.23. The third-order valence-electron chi connectivity index (χ3n) is 1.74. The van der Waals surface area contributed by atoms with Crippen molar-refractivity contribution in [2.45, 2.75) is 6.92 Å². The Labute approximate surface area is 111 Å². The summed E-state index contributed by atoms with van der Waals surface area (Å²) in [5.74, 6) is -0.383. The summed E-state index contributed by atoms with van der Waals surface area (Å²) in [7, 11) is 0. The Kier molecular flexibility index (Phi) is 4.30. The molecule has 0 bridgehead atoms. The van der Waals surface area contributed by atoms with Gasteiger partial charge >= 0.3 is 0 Å². The quantitative estimate of drug-likeness (QED) is 0.235. The number of benzene rings is 1. The zero-order valence-electron chi connectivity index (χ0n) is 7.76. The minimum absolute atomic E-state index is 0.00947. The van der Waals surface area contributed by atoms with Gasteiger partial charge < -0.3 is 0 Å². The second-order valence-corrected chi connectivity index (χ2v) is 4.24. The first kappa shape index (κ1) is 13.4. The van der Waals surface area contributed by atoms with Crippen LogP contribution in [0.3, 0.4) is 0 Å². The Morgan fingerprint density at radius 3 is 1.88 bits per heavy atom. The van der Waals surface area contributed by atoms with Crippen molar-refractivity contribution in [3.63, 3.8) is 0 Å². The molecule has 1 aromatic carbocycles. The molecule has 0 fully saturated rings. The van der Waals surface area contributed by atoms with Gasteiger partial charge in [-0.15, -0.1) is 0 Å². The van der Waals surface area contributed by atoms with Gasteiger partial charge in [-0.1, -0.05) is 51.5 Å². The molecule has 0 unspecified atom stereocenters. The Bertz CT molecular complexity index is 461. The van der Waals surface area contributed by atoms with Crippen LogP contribution in [0.5, 0.6) is 0 Å². The number of hydrogen-bond acceptors (Lipinski definition) is 2. The van der Waals surface area contributed by atoms with Crippen LogP contribution in [0, 0.1) is 0 Å². The second kappa shape index (κ2) is 5.13. The number of carbonyl (C=O) groups is 1. The van der Waals surface area contributed by atoms with E-state index < -0.39 is 0 Å². The average Bonchev–Trinajstić information content (AvgIpc) is 2.21. The third kappa shape index (κ3) is 2.21. The van der Waals surface area contributed by atoms with Crippen molar-refractivity contribution < 1.29 is 4.79 Å². The lowest BCUT2D eigenvalue weighted by Gasteiger charge is -2.10. The van der Waals surface area contributed by atoms with Crippen LogP contribution in [-0.2, 0) is 0 Å². The summed E-state index contributed by atoms with van der Waals surface area (Å²) in [6, 6.07) is 0. The number of carbonyl (C=O) groups excluding carboxylic acids is 1. The predicted octanol–water partition coefficient (Wildman–Crippen LogP) is 5.44. The number of halogens is 4. The molecule has 0 amide bonds. The SMILES string of the molecule is CC(=O)c1c(Cl)c(Cl)c(N=[N+]=[N-])c(Cl)c1Cl. The fourth-order valence-corrected chi connectivity index (χ4v) is 2.25. The number of Topliss-reactive ketones (excluding diaryl/α,β-unsaturated/α-hetero) is 1. The van der Waals surface area contributed by atoms with E-state index in [1.807, 2.05) is 0 Å². The maximum atomic E-state index is 11.3. The summed E-state index contributed by atoms with van der Waals surface area (Å²) in [6.07, 6.45) is 0. The lowest BCUT2D eigenvalue weighted by atomic mass is 10.1. The van der Waals surface area contributed by atoms with E-state index in [1.165, 1.54) is 6.92 Å². The van der Waals surface area contributed by atoms with Crippen LogP contribution in [0.15, 0.2) is 5.11 Å². The largest absolute Gasteiger partial charge is 0.294 e. The van der Waals surface area contributed by atoms with Gasteiger partial charge in [-0.05, 0) is 12.5 Å². The van der Waals surface area contributed by atoms with Crippen molar-refractivity contribution in [3.8, 4) is 0 Å². The summed E-state index contributed by atoms with van der Waals surface area (Å²) >= 11 is 23.3. The number of nitrogens with zero attached hydrogens (tertiary/aromatic N) is 3. The Hall–Kier alpha value is -0.640. The first-order chi connectivity index (χ1) is 7.41. The van der Waals surface area contributed by atoms with Crippen LogP contribution in [0.2, 0.25) is 20.1 Å². The van der Waals surface area contributed by atoms with Gasteiger partial charge in [0.1, 0.15) is 0 Å². The van der Waals surface area contributed by atoms with Gasteiger partial charge in [0.15, 0.2) is 5.78 Å². The molecule has 0 aromatic heterocycles. The second-order valence-electron chi connectivity index (χ2n) is 2.73. The molecule has 0 aliphatic carbocycles. The fourth-order valence-electron chi connectivity index (χ4n) is 1.06. The highest BCUT2D eigenvalue weighted by atomic mass is 35.5. The van der Waals surface area contributed by atoms with Crippen LogP contribution in [0.4, 0.5) is 5.69 Å². The molecule has 4 nitrogen and oxygen atoms in total. The minimum Gasteiger partial charge on any atom is -0.294 e. The van der Waals surface area contributed by atoms with Crippen molar-refractivity contribution in [3.05, 3.63) is 36.1 Å². The van der Waals surface area contributed by atoms with E-state index in [0.29, 0.717) is 0 Å². The normalized spacial score (nSPS) is 9.81. The molecule has 0 radical (unpaired) electrons. The van der Waals surface area contributed by atoms with Gasteiger partial charge in [0.25, 0.3) is 0 Å². The number of hydrogen-bond donors (Lipinski definition) is 0. The lowest BCUT2D eigenvalue weighted by molar-refractivity contribution is 0.101. The van der Waals surface area contributed by atoms with Crippen molar-refractivity contribution in [2.24, 2.45) is 5.11 Å². The maximum Gasteiger partial charge on any atom is 0.162 e. The van der Waals surface area contributed by atoms with Gasteiger partial charge in [0.05, 0.1) is 31.3 Å². The maximum absolute atomic E-state index is 11.3. The Balaban J connectivity index is 3.76. The monoisotopic (exact) mass is 297 g/mol. The average molecular weight is 299 g/mol. The molecule has 0 N–H and O–H groups in total. The van der Waals surface area contributed by atoms with E-state index in [1.54, 1.807) is 0 Å². The molecule has 0 saturated heterocycles. The van der Waals surface area contributed by atoms with E-state index in [9.17, 15) is 4.79 Å². The van der Waals surface area contributed by atoms with Crippen LogP contribution >= 0.6 is 46.4 Å². The zero-order chi connectivity index (χ0) is 12.5. The zero-order valence-corrected chi connectivity index (χ0v) is 10.8. The van der Waals surface area contributed by atoms with Crippen LogP contribution in [0.1, 0.15) is 17.3 Å². The molecule has 16 heavy (non-hydrogen) atoms. The van der Waals surface area contributed by atoms with E-state index >= 15 is 0 Å². The number of azide groups is 1. The van der Waals surface area contributed by atoms with Crippen LogP contribution < -0.4 is 0 Å². The number of ketones is 1. The lowest BCUT2D eigenvalue weighted by Crippen LogP contribution is -1.96. The topological polar surface area (TPSA) is 65.8 Å². The van der Waals surface area contributed by atoms with Gasteiger partial charge in [-0.2, -0.15) is 0 Å². The molecule has 84 valence electrons.